The van der Waals surface area contributed by atoms with Crippen LogP contribution >= 0.6 is 15.9 Å². The van der Waals surface area contributed by atoms with Crippen LogP contribution in [0, 0.1) is 68.4 Å². The van der Waals surface area contributed by atoms with E-state index < -0.39 is 10.8 Å². The topological polar surface area (TPSA) is 17.1 Å². The van der Waals surface area contributed by atoms with Gasteiger partial charge in [0.1, 0.15) is 0 Å². The summed E-state index contributed by atoms with van der Waals surface area (Å²) in [4.78, 5) is 1.74. The van der Waals surface area contributed by atoms with Gasteiger partial charge in [-0.05, 0) is 70.4 Å². The van der Waals surface area contributed by atoms with E-state index in [0.29, 0.717) is 0 Å². The second-order valence-electron chi connectivity index (χ2n) is 4.28. The summed E-state index contributed by atoms with van der Waals surface area (Å²) in [5, 5.41) is 0.832. The van der Waals surface area contributed by atoms with E-state index in [4.69, 9.17) is 0 Å². The molecule has 108 valence electrons. The summed E-state index contributed by atoms with van der Waals surface area (Å²) in [5.41, 5.74) is 1.18. The maximum Gasteiger partial charge on any atom is 2.00 e. The Labute approximate surface area is 150 Å². The third kappa shape index (κ3) is 6.17. The molecule has 1 nitrogen and oxygen atoms in total. The maximum absolute atomic E-state index is 12.1. The Morgan fingerprint density at radius 2 is 1.38 bits per heavy atom. The molecule has 1 aromatic rings. The summed E-state index contributed by atoms with van der Waals surface area (Å²) in [6.07, 6.45) is 15.7. The Kier molecular flexibility index (Phi) is 9.43. The monoisotopic (exact) mass is 402 g/mol. The van der Waals surface area contributed by atoms with Gasteiger partial charge in [-0.25, -0.2) is 0 Å². The van der Waals surface area contributed by atoms with Crippen LogP contribution in [0.2, 0.25) is 0 Å². The average Bonchev–Trinajstić information content (AvgIpc) is 3.13. The minimum Gasteiger partial charge on any atom is -0.254 e. The molecule has 0 aliphatic heterocycles. The molecule has 2 aliphatic rings. The van der Waals surface area contributed by atoms with E-state index in [1.54, 1.807) is 0 Å². The van der Waals surface area contributed by atoms with Crippen molar-refractivity contribution in [1.82, 2.24) is 0 Å². The first kappa shape index (κ1) is 19.4. The summed E-state index contributed by atoms with van der Waals surface area (Å²) < 4.78 is 12.1. The Bertz CT molecular complexity index is 423. The molecule has 0 spiro atoms. The van der Waals surface area contributed by atoms with Crippen molar-refractivity contribution < 1.29 is 21.3 Å². The fourth-order valence-corrected chi connectivity index (χ4v) is 3.45. The number of halogens is 1. The van der Waals surface area contributed by atoms with Crippen LogP contribution < -0.4 is 0 Å². The van der Waals surface area contributed by atoms with E-state index >= 15 is 0 Å². The molecule has 2 fully saturated rings. The molecular formula is C17H15BrFeOS+2. The van der Waals surface area contributed by atoms with Crippen molar-refractivity contribution in [2.24, 2.45) is 0 Å². The van der Waals surface area contributed by atoms with E-state index in [-0.39, 0.29) is 17.1 Å². The summed E-state index contributed by atoms with van der Waals surface area (Å²) in [7, 11) is -1.08. The molecule has 21 heavy (non-hydrogen) atoms. The smallest absolute Gasteiger partial charge is 0.254 e. The van der Waals surface area contributed by atoms with E-state index in [1.807, 2.05) is 82.6 Å². The molecule has 2 saturated carbocycles. The average molecular weight is 403 g/mol. The zero-order chi connectivity index (χ0) is 14.4. The standard InChI is InChI=1S/C12H10BrOS.C5H5.Fe/c1-9-5-7-10(8-6-9)15(14)12-4-2-3-11(12)13;1-2-4-5-3-1;/h2-8H,1H3;1-5H;/q;;+2/t15-;;/m1../s1. The summed E-state index contributed by atoms with van der Waals surface area (Å²) in [6, 6.07) is 7.77. The van der Waals surface area contributed by atoms with Crippen molar-refractivity contribution in [2.75, 3.05) is 0 Å². The van der Waals surface area contributed by atoms with Gasteiger partial charge in [0.25, 0.3) is 0 Å². The number of benzene rings is 1. The predicted molar refractivity (Wildman–Crippen MR) is 87.4 cm³/mol. The fraction of sp³-hybridized carbons (Fsp3) is 0.0588. The SMILES string of the molecule is Cc1ccc([S@@](=O)[C]2[CH][CH][CH][C]2Br)cc1.[CH]1[CH][CH][CH][CH]1.[Fe+2]. The van der Waals surface area contributed by atoms with Gasteiger partial charge in [-0.2, -0.15) is 0 Å². The summed E-state index contributed by atoms with van der Waals surface area (Å²) in [5.74, 6) is 0. The van der Waals surface area contributed by atoms with E-state index in [9.17, 15) is 4.21 Å². The maximum atomic E-state index is 12.1. The van der Waals surface area contributed by atoms with Gasteiger partial charge in [0.05, 0.1) is 20.9 Å². The molecule has 0 saturated heterocycles. The van der Waals surface area contributed by atoms with Gasteiger partial charge in [0, 0.05) is 4.90 Å². The van der Waals surface area contributed by atoms with Gasteiger partial charge in [0.15, 0.2) is 0 Å². The molecule has 10 radical (unpaired) electrons. The van der Waals surface area contributed by atoms with Crippen molar-refractivity contribution in [2.45, 2.75) is 11.8 Å². The molecule has 0 amide bonds. The van der Waals surface area contributed by atoms with Crippen molar-refractivity contribution in [3.63, 3.8) is 0 Å². The Balaban J connectivity index is 0.000000313. The zero-order valence-corrected chi connectivity index (χ0v) is 15.0. The van der Waals surface area contributed by atoms with Gasteiger partial charge < -0.3 is 0 Å². The first-order valence-electron chi connectivity index (χ1n) is 6.25. The van der Waals surface area contributed by atoms with Crippen molar-refractivity contribution in [1.29, 1.82) is 0 Å². The molecule has 3 rings (SSSR count). The van der Waals surface area contributed by atoms with Gasteiger partial charge >= 0.3 is 17.1 Å². The van der Waals surface area contributed by atoms with Crippen molar-refractivity contribution in [3.8, 4) is 0 Å². The van der Waals surface area contributed by atoms with Crippen LogP contribution in [0.5, 0.6) is 0 Å². The van der Waals surface area contributed by atoms with Crippen LogP contribution in [0.25, 0.3) is 0 Å². The van der Waals surface area contributed by atoms with Gasteiger partial charge in [-0.15, -0.1) is 0 Å². The molecule has 4 heteroatoms. The van der Waals surface area contributed by atoms with E-state index in [2.05, 4.69) is 15.9 Å². The molecule has 0 N–H and O–H groups in total. The molecular weight excluding hydrogens is 388 g/mol. The Hall–Kier alpha value is 0.369. The Morgan fingerprint density at radius 1 is 0.857 bits per heavy atom. The van der Waals surface area contributed by atoms with Crippen molar-refractivity contribution in [3.05, 3.63) is 91.3 Å². The molecule has 1 atom stereocenters. The van der Waals surface area contributed by atoms with Crippen molar-refractivity contribution >= 4 is 26.7 Å². The van der Waals surface area contributed by atoms with E-state index in [1.165, 1.54) is 5.56 Å². The largest absolute Gasteiger partial charge is 2.00 e. The second kappa shape index (κ2) is 10.2. The molecule has 0 bridgehead atoms. The van der Waals surface area contributed by atoms with Crippen LogP contribution in [0.4, 0.5) is 0 Å². The van der Waals surface area contributed by atoms with Crippen LogP contribution in [-0.4, -0.2) is 4.21 Å². The third-order valence-electron chi connectivity index (χ3n) is 2.72. The quantitative estimate of drug-likeness (QED) is 0.677. The third-order valence-corrected chi connectivity index (χ3v) is 5.13. The minimum atomic E-state index is -1.08. The minimum absolute atomic E-state index is 0. The van der Waals surface area contributed by atoms with Gasteiger partial charge in [-0.3, -0.25) is 4.21 Å². The second-order valence-corrected chi connectivity index (χ2v) is 6.59. The van der Waals surface area contributed by atoms with Crippen LogP contribution in [0.1, 0.15) is 5.56 Å². The molecule has 2 aliphatic carbocycles. The van der Waals surface area contributed by atoms with Gasteiger partial charge in [-0.1, -0.05) is 33.6 Å². The first-order chi connectivity index (χ1) is 9.68. The number of hydrogen-bond acceptors (Lipinski definition) is 1. The first-order valence-corrected chi connectivity index (χ1v) is 8.19. The van der Waals surface area contributed by atoms with Crippen LogP contribution in [-0.2, 0) is 27.9 Å². The number of aryl methyl sites for hydroxylation is 1. The predicted octanol–water partition coefficient (Wildman–Crippen LogP) is 4.21. The van der Waals surface area contributed by atoms with Crippen LogP contribution in [0.3, 0.4) is 0 Å². The zero-order valence-electron chi connectivity index (χ0n) is 11.5. The van der Waals surface area contributed by atoms with Crippen LogP contribution in [0.15, 0.2) is 29.2 Å². The molecule has 0 unspecified atom stereocenters. The molecule has 0 heterocycles. The Morgan fingerprint density at radius 3 is 1.81 bits per heavy atom. The van der Waals surface area contributed by atoms with E-state index in [0.717, 1.165) is 15.0 Å². The summed E-state index contributed by atoms with van der Waals surface area (Å²) in [6.45, 7) is 2.02. The van der Waals surface area contributed by atoms with Gasteiger partial charge in [0.2, 0.25) is 0 Å². The number of hydrogen-bond donors (Lipinski definition) is 0. The number of rotatable bonds is 2. The molecule has 1 aromatic carbocycles. The fourth-order valence-electron chi connectivity index (χ4n) is 1.64. The normalized spacial score (nSPS) is 20.5. The summed E-state index contributed by atoms with van der Waals surface area (Å²) >= 11 is 3.39. The molecule has 0 aromatic heterocycles.